The zero-order chi connectivity index (χ0) is 13.3. The van der Waals surface area contributed by atoms with Crippen molar-refractivity contribution in [1.29, 1.82) is 0 Å². The third-order valence-corrected chi connectivity index (χ3v) is 3.94. The van der Waals surface area contributed by atoms with E-state index >= 15 is 0 Å². The molecule has 18 heavy (non-hydrogen) atoms. The molecule has 2 aromatic rings. The van der Waals surface area contributed by atoms with Gasteiger partial charge in [0, 0.05) is 23.1 Å². The molecule has 0 bridgehead atoms. The third kappa shape index (κ3) is 2.76. The predicted octanol–water partition coefficient (Wildman–Crippen LogP) is 3.39. The zero-order valence-corrected chi connectivity index (χ0v) is 12.7. The van der Waals surface area contributed by atoms with Crippen LogP contribution in [0.15, 0.2) is 28.7 Å². The first-order valence-corrected chi connectivity index (χ1v) is 6.85. The summed E-state index contributed by atoms with van der Waals surface area (Å²) in [6, 6.07) is 7.94. The molecule has 1 unspecified atom stereocenters. The molecule has 0 aliphatic heterocycles. The standard InChI is InChI=1S/C13H15BrClN3/c1-8-11(13(15)18(2)17-8)7-12(16)9-4-3-5-10(14)6-9/h3-6,12H,7,16H2,1-2H3. The van der Waals surface area contributed by atoms with Crippen LogP contribution in [0.1, 0.15) is 22.9 Å². The van der Waals surface area contributed by atoms with Gasteiger partial charge in [0.25, 0.3) is 0 Å². The first-order valence-electron chi connectivity index (χ1n) is 5.68. The second-order valence-corrected chi connectivity index (χ2v) is 5.62. The van der Waals surface area contributed by atoms with Crippen LogP contribution >= 0.6 is 27.5 Å². The van der Waals surface area contributed by atoms with Gasteiger partial charge >= 0.3 is 0 Å². The van der Waals surface area contributed by atoms with Gasteiger partial charge < -0.3 is 5.73 Å². The van der Waals surface area contributed by atoms with Gasteiger partial charge in [-0.1, -0.05) is 39.7 Å². The Labute approximate surface area is 120 Å². The molecule has 5 heteroatoms. The maximum Gasteiger partial charge on any atom is 0.130 e. The molecule has 0 radical (unpaired) electrons. The van der Waals surface area contributed by atoms with E-state index in [-0.39, 0.29) is 6.04 Å². The van der Waals surface area contributed by atoms with Crippen LogP contribution in [0.5, 0.6) is 0 Å². The van der Waals surface area contributed by atoms with E-state index in [4.69, 9.17) is 17.3 Å². The van der Waals surface area contributed by atoms with Gasteiger partial charge in [-0.15, -0.1) is 0 Å². The number of hydrogen-bond donors (Lipinski definition) is 1. The van der Waals surface area contributed by atoms with Crippen LogP contribution in [-0.2, 0) is 13.5 Å². The summed E-state index contributed by atoms with van der Waals surface area (Å²) >= 11 is 9.66. The fraction of sp³-hybridized carbons (Fsp3) is 0.308. The van der Waals surface area contributed by atoms with Crippen molar-refractivity contribution < 1.29 is 0 Å². The Bertz CT molecular complexity index is 565. The minimum Gasteiger partial charge on any atom is -0.324 e. The fourth-order valence-electron chi connectivity index (χ4n) is 1.98. The van der Waals surface area contributed by atoms with E-state index in [0.29, 0.717) is 11.6 Å². The van der Waals surface area contributed by atoms with Gasteiger partial charge in [-0.05, 0) is 31.0 Å². The number of nitrogens with zero attached hydrogens (tertiary/aromatic N) is 2. The van der Waals surface area contributed by atoms with E-state index < -0.39 is 0 Å². The fourth-order valence-corrected chi connectivity index (χ4v) is 2.65. The number of rotatable bonds is 3. The average molecular weight is 329 g/mol. The molecule has 0 saturated heterocycles. The van der Waals surface area contributed by atoms with Gasteiger partial charge in [0.15, 0.2) is 0 Å². The maximum atomic E-state index is 6.23. The number of halogens is 2. The van der Waals surface area contributed by atoms with Crippen molar-refractivity contribution in [2.24, 2.45) is 12.8 Å². The lowest BCUT2D eigenvalue weighted by molar-refractivity contribution is 0.717. The van der Waals surface area contributed by atoms with Crippen molar-refractivity contribution in [3.8, 4) is 0 Å². The third-order valence-electron chi connectivity index (χ3n) is 2.97. The summed E-state index contributed by atoms with van der Waals surface area (Å²) in [7, 11) is 1.84. The summed E-state index contributed by atoms with van der Waals surface area (Å²) in [6.07, 6.45) is 0.689. The van der Waals surface area contributed by atoms with E-state index in [0.717, 1.165) is 21.3 Å². The molecular weight excluding hydrogens is 314 g/mol. The van der Waals surface area contributed by atoms with Crippen molar-refractivity contribution in [3.63, 3.8) is 0 Å². The van der Waals surface area contributed by atoms with E-state index in [1.54, 1.807) is 4.68 Å². The highest BCUT2D eigenvalue weighted by Crippen LogP contribution is 2.25. The van der Waals surface area contributed by atoms with Crippen molar-refractivity contribution in [1.82, 2.24) is 9.78 Å². The van der Waals surface area contributed by atoms with Crippen molar-refractivity contribution in [3.05, 3.63) is 50.7 Å². The Morgan fingerprint density at radius 1 is 1.50 bits per heavy atom. The summed E-state index contributed by atoms with van der Waals surface area (Å²) in [6.45, 7) is 1.95. The molecule has 0 spiro atoms. The van der Waals surface area contributed by atoms with E-state index in [9.17, 15) is 0 Å². The Kier molecular flexibility index (Phi) is 4.10. The van der Waals surface area contributed by atoms with E-state index in [1.807, 2.05) is 38.2 Å². The lowest BCUT2D eigenvalue weighted by Gasteiger charge is -2.12. The van der Waals surface area contributed by atoms with Crippen LogP contribution in [0.2, 0.25) is 5.15 Å². The minimum atomic E-state index is -0.0806. The summed E-state index contributed by atoms with van der Waals surface area (Å²) in [5.41, 5.74) is 9.27. The Hall–Kier alpha value is -0.840. The Balaban J connectivity index is 2.24. The second kappa shape index (κ2) is 5.43. The summed E-state index contributed by atoms with van der Waals surface area (Å²) < 4.78 is 2.71. The van der Waals surface area contributed by atoms with Gasteiger partial charge in [-0.2, -0.15) is 5.10 Å². The number of aromatic nitrogens is 2. The van der Waals surface area contributed by atoms with Gasteiger partial charge in [-0.25, -0.2) is 0 Å². The predicted molar refractivity (Wildman–Crippen MR) is 77.7 cm³/mol. The van der Waals surface area contributed by atoms with E-state index in [2.05, 4.69) is 21.0 Å². The molecule has 0 fully saturated rings. The number of aryl methyl sites for hydroxylation is 2. The molecule has 3 nitrogen and oxygen atoms in total. The lowest BCUT2D eigenvalue weighted by atomic mass is 10.0. The molecule has 2 rings (SSSR count). The van der Waals surface area contributed by atoms with Crippen molar-refractivity contribution >= 4 is 27.5 Å². The SMILES string of the molecule is Cc1nn(C)c(Cl)c1CC(N)c1cccc(Br)c1. The highest BCUT2D eigenvalue weighted by atomic mass is 79.9. The monoisotopic (exact) mass is 327 g/mol. The minimum absolute atomic E-state index is 0.0806. The molecule has 0 aliphatic carbocycles. The van der Waals surface area contributed by atoms with Crippen LogP contribution in [0.3, 0.4) is 0 Å². The Morgan fingerprint density at radius 2 is 2.22 bits per heavy atom. The maximum absolute atomic E-state index is 6.23. The normalized spacial score (nSPS) is 12.7. The molecule has 1 heterocycles. The van der Waals surface area contributed by atoms with E-state index in [1.165, 1.54) is 0 Å². The molecule has 1 aromatic heterocycles. The van der Waals surface area contributed by atoms with Crippen LogP contribution in [0, 0.1) is 6.92 Å². The number of hydrogen-bond acceptors (Lipinski definition) is 2. The zero-order valence-electron chi connectivity index (χ0n) is 10.3. The Morgan fingerprint density at radius 3 is 2.78 bits per heavy atom. The largest absolute Gasteiger partial charge is 0.324 e. The molecule has 0 aliphatic rings. The summed E-state index contributed by atoms with van der Waals surface area (Å²) in [4.78, 5) is 0. The molecule has 0 saturated carbocycles. The highest BCUT2D eigenvalue weighted by molar-refractivity contribution is 9.10. The van der Waals surface area contributed by atoms with Gasteiger partial charge in [0.05, 0.1) is 5.69 Å². The first kappa shape index (κ1) is 13.6. The van der Waals surface area contributed by atoms with Gasteiger partial charge in [0.2, 0.25) is 0 Å². The van der Waals surface area contributed by atoms with Gasteiger partial charge in [0.1, 0.15) is 5.15 Å². The molecule has 2 N–H and O–H groups in total. The molecule has 96 valence electrons. The summed E-state index contributed by atoms with van der Waals surface area (Å²) in [5.74, 6) is 0. The average Bonchev–Trinajstić information content (AvgIpc) is 2.56. The van der Waals surface area contributed by atoms with Crippen LogP contribution in [0.4, 0.5) is 0 Å². The molecule has 1 atom stereocenters. The quantitative estimate of drug-likeness (QED) is 0.938. The van der Waals surface area contributed by atoms with Crippen molar-refractivity contribution in [2.75, 3.05) is 0 Å². The second-order valence-electron chi connectivity index (χ2n) is 4.34. The molecular formula is C13H15BrClN3. The number of nitrogens with two attached hydrogens (primary N) is 1. The molecule has 0 amide bonds. The van der Waals surface area contributed by atoms with Crippen molar-refractivity contribution in [2.45, 2.75) is 19.4 Å². The van der Waals surface area contributed by atoms with Crippen LogP contribution in [-0.4, -0.2) is 9.78 Å². The molecule has 1 aromatic carbocycles. The van der Waals surface area contributed by atoms with Gasteiger partial charge in [-0.3, -0.25) is 4.68 Å². The highest BCUT2D eigenvalue weighted by Gasteiger charge is 2.15. The topological polar surface area (TPSA) is 43.8 Å². The smallest absolute Gasteiger partial charge is 0.130 e. The first-order chi connectivity index (χ1) is 8.49. The van der Waals surface area contributed by atoms with Crippen LogP contribution < -0.4 is 5.73 Å². The van der Waals surface area contributed by atoms with Crippen LogP contribution in [0.25, 0.3) is 0 Å². The summed E-state index contributed by atoms with van der Waals surface area (Å²) in [5, 5.41) is 4.96. The lowest BCUT2D eigenvalue weighted by Crippen LogP contribution is -2.13. The number of benzene rings is 1.